The standard InChI is InChI=1S/C21H17Cl2NO3/c1-12(10-19(25)26)15-8-9-17(22)16(20(15)23)11-27-18-5-3-4-14-7-6-13(2)24-21(14)18/h3-10H,11H2,1-2H3,(H,25,26)/b12-10-. The molecule has 2 aromatic carbocycles. The monoisotopic (exact) mass is 401 g/mol. The molecular formula is C21H17Cl2NO3. The highest BCUT2D eigenvalue weighted by atomic mass is 35.5. The number of hydrogen-bond acceptors (Lipinski definition) is 3. The predicted octanol–water partition coefficient (Wildman–Crippen LogP) is 5.92. The van der Waals surface area contributed by atoms with Crippen molar-refractivity contribution in [3.05, 3.63) is 75.4 Å². The fraction of sp³-hybridized carbons (Fsp3) is 0.143. The van der Waals surface area contributed by atoms with Gasteiger partial charge in [0.2, 0.25) is 0 Å². The molecule has 0 atom stereocenters. The second-order valence-corrected chi connectivity index (χ2v) is 6.91. The second kappa shape index (κ2) is 7.99. The number of carboxylic acids is 1. The third-order valence-corrected chi connectivity index (χ3v) is 4.93. The molecule has 0 unspecified atom stereocenters. The number of benzene rings is 2. The van der Waals surface area contributed by atoms with Crippen LogP contribution in [0.25, 0.3) is 16.5 Å². The quantitative estimate of drug-likeness (QED) is 0.539. The molecule has 3 rings (SSSR count). The lowest BCUT2D eigenvalue weighted by molar-refractivity contribution is -0.131. The molecule has 1 aromatic heterocycles. The molecule has 0 spiro atoms. The van der Waals surface area contributed by atoms with Gasteiger partial charge in [0.15, 0.2) is 0 Å². The first-order valence-electron chi connectivity index (χ1n) is 8.24. The molecule has 0 aliphatic rings. The highest BCUT2D eigenvalue weighted by Crippen LogP contribution is 2.34. The fourth-order valence-corrected chi connectivity index (χ4v) is 3.41. The zero-order valence-electron chi connectivity index (χ0n) is 14.8. The summed E-state index contributed by atoms with van der Waals surface area (Å²) in [7, 11) is 0. The van der Waals surface area contributed by atoms with Crippen LogP contribution in [0.15, 0.2) is 48.5 Å². The van der Waals surface area contributed by atoms with E-state index >= 15 is 0 Å². The van der Waals surface area contributed by atoms with Crippen LogP contribution in [-0.4, -0.2) is 16.1 Å². The van der Waals surface area contributed by atoms with Gasteiger partial charge in [-0.05, 0) is 43.2 Å². The number of aliphatic carboxylic acids is 1. The predicted molar refractivity (Wildman–Crippen MR) is 109 cm³/mol. The third-order valence-electron chi connectivity index (χ3n) is 4.15. The van der Waals surface area contributed by atoms with Gasteiger partial charge in [-0.25, -0.2) is 9.78 Å². The summed E-state index contributed by atoms with van der Waals surface area (Å²) in [6, 6.07) is 13.0. The van der Waals surface area contributed by atoms with Crippen LogP contribution in [0.4, 0.5) is 0 Å². The number of fused-ring (bicyclic) bond motifs is 1. The van der Waals surface area contributed by atoms with E-state index in [0.717, 1.165) is 22.7 Å². The first kappa shape index (κ1) is 19.2. The van der Waals surface area contributed by atoms with E-state index in [0.29, 0.717) is 32.5 Å². The number of allylic oxidation sites excluding steroid dienone is 1. The number of ether oxygens (including phenoxy) is 1. The Hall–Kier alpha value is -2.56. The number of nitrogens with zero attached hydrogens (tertiary/aromatic N) is 1. The number of carboxylic acid groups (broad SMARTS) is 1. The average Bonchev–Trinajstić information content (AvgIpc) is 2.61. The molecule has 0 radical (unpaired) electrons. The van der Waals surface area contributed by atoms with E-state index in [4.69, 9.17) is 33.0 Å². The zero-order valence-corrected chi connectivity index (χ0v) is 16.3. The van der Waals surface area contributed by atoms with Gasteiger partial charge in [-0.2, -0.15) is 0 Å². The summed E-state index contributed by atoms with van der Waals surface area (Å²) in [5.41, 5.74) is 3.40. The maximum Gasteiger partial charge on any atom is 0.328 e. The normalized spacial score (nSPS) is 11.6. The molecule has 0 fully saturated rings. The first-order chi connectivity index (χ1) is 12.9. The van der Waals surface area contributed by atoms with Gasteiger partial charge in [0.25, 0.3) is 0 Å². The Morgan fingerprint density at radius 3 is 2.70 bits per heavy atom. The van der Waals surface area contributed by atoms with E-state index < -0.39 is 5.97 Å². The zero-order chi connectivity index (χ0) is 19.6. The van der Waals surface area contributed by atoms with Gasteiger partial charge in [-0.3, -0.25) is 0 Å². The number of halogens is 2. The molecule has 0 bridgehead atoms. The minimum Gasteiger partial charge on any atom is -0.487 e. The molecule has 6 heteroatoms. The number of rotatable bonds is 5. The Labute approximate surface area is 167 Å². The second-order valence-electron chi connectivity index (χ2n) is 6.12. The van der Waals surface area contributed by atoms with Crippen molar-refractivity contribution in [2.24, 2.45) is 0 Å². The van der Waals surface area contributed by atoms with Gasteiger partial charge < -0.3 is 9.84 Å². The fourth-order valence-electron chi connectivity index (χ4n) is 2.78. The van der Waals surface area contributed by atoms with Crippen LogP contribution in [0, 0.1) is 6.92 Å². The van der Waals surface area contributed by atoms with Crippen molar-refractivity contribution in [3.63, 3.8) is 0 Å². The molecule has 3 aromatic rings. The van der Waals surface area contributed by atoms with Crippen LogP contribution >= 0.6 is 23.2 Å². The Bertz CT molecular complexity index is 1060. The minimum absolute atomic E-state index is 0.139. The number of hydrogen-bond donors (Lipinski definition) is 1. The van der Waals surface area contributed by atoms with Crippen LogP contribution in [0.5, 0.6) is 5.75 Å². The third kappa shape index (κ3) is 4.24. The van der Waals surface area contributed by atoms with Crippen LogP contribution < -0.4 is 4.74 Å². The minimum atomic E-state index is -1.03. The summed E-state index contributed by atoms with van der Waals surface area (Å²) >= 11 is 12.8. The number of carbonyl (C=O) groups is 1. The Morgan fingerprint density at radius 2 is 1.96 bits per heavy atom. The van der Waals surface area contributed by atoms with Crippen molar-refractivity contribution in [2.75, 3.05) is 0 Å². The van der Waals surface area contributed by atoms with Gasteiger partial charge in [-0.1, -0.05) is 47.5 Å². The maximum atomic E-state index is 10.9. The maximum absolute atomic E-state index is 10.9. The van der Waals surface area contributed by atoms with Crippen molar-refractivity contribution < 1.29 is 14.6 Å². The number of para-hydroxylation sites is 1. The largest absolute Gasteiger partial charge is 0.487 e. The van der Waals surface area contributed by atoms with Gasteiger partial charge in [0.05, 0.1) is 5.02 Å². The SMILES string of the molecule is C/C(=C/C(=O)O)c1ccc(Cl)c(COc2cccc3ccc(C)nc23)c1Cl. The molecular weight excluding hydrogens is 385 g/mol. The molecule has 1 heterocycles. The smallest absolute Gasteiger partial charge is 0.328 e. The number of pyridine rings is 1. The van der Waals surface area contributed by atoms with Crippen LogP contribution in [0.3, 0.4) is 0 Å². The summed E-state index contributed by atoms with van der Waals surface area (Å²) in [5.74, 6) is -0.403. The molecule has 0 saturated heterocycles. The van der Waals surface area contributed by atoms with E-state index in [9.17, 15) is 4.79 Å². The molecule has 0 aliphatic heterocycles. The summed E-state index contributed by atoms with van der Waals surface area (Å²) < 4.78 is 5.97. The van der Waals surface area contributed by atoms with Crippen molar-refractivity contribution in [1.82, 2.24) is 4.98 Å². The van der Waals surface area contributed by atoms with E-state index in [1.807, 2.05) is 37.3 Å². The van der Waals surface area contributed by atoms with E-state index in [1.165, 1.54) is 0 Å². The summed E-state index contributed by atoms with van der Waals surface area (Å²) in [5, 5.41) is 10.8. The molecule has 4 nitrogen and oxygen atoms in total. The Balaban J connectivity index is 1.95. The van der Waals surface area contributed by atoms with Crippen molar-refractivity contribution in [1.29, 1.82) is 0 Å². The summed E-state index contributed by atoms with van der Waals surface area (Å²) in [6.45, 7) is 3.75. The van der Waals surface area contributed by atoms with Crippen molar-refractivity contribution in [2.45, 2.75) is 20.5 Å². The van der Waals surface area contributed by atoms with Crippen LogP contribution in [0.1, 0.15) is 23.7 Å². The lowest BCUT2D eigenvalue weighted by Crippen LogP contribution is -2.01. The molecule has 138 valence electrons. The van der Waals surface area contributed by atoms with Crippen molar-refractivity contribution >= 4 is 45.6 Å². The highest BCUT2D eigenvalue weighted by molar-refractivity contribution is 6.37. The molecule has 27 heavy (non-hydrogen) atoms. The number of aryl methyl sites for hydroxylation is 1. The van der Waals surface area contributed by atoms with Gasteiger partial charge in [0.1, 0.15) is 17.9 Å². The molecule has 0 aliphatic carbocycles. The summed E-state index contributed by atoms with van der Waals surface area (Å²) in [4.78, 5) is 15.5. The van der Waals surface area contributed by atoms with E-state index in [1.54, 1.807) is 19.1 Å². The lowest BCUT2D eigenvalue weighted by Gasteiger charge is -2.14. The van der Waals surface area contributed by atoms with Crippen LogP contribution in [-0.2, 0) is 11.4 Å². The van der Waals surface area contributed by atoms with Gasteiger partial charge in [-0.15, -0.1) is 0 Å². The molecule has 0 amide bonds. The van der Waals surface area contributed by atoms with E-state index in [-0.39, 0.29) is 6.61 Å². The number of aromatic nitrogens is 1. The van der Waals surface area contributed by atoms with E-state index in [2.05, 4.69) is 4.98 Å². The summed E-state index contributed by atoms with van der Waals surface area (Å²) in [6.07, 6.45) is 1.11. The highest BCUT2D eigenvalue weighted by Gasteiger charge is 2.14. The average molecular weight is 402 g/mol. The van der Waals surface area contributed by atoms with Crippen LogP contribution in [0.2, 0.25) is 10.0 Å². The first-order valence-corrected chi connectivity index (χ1v) is 9.00. The lowest BCUT2D eigenvalue weighted by atomic mass is 10.0. The van der Waals surface area contributed by atoms with Gasteiger partial charge in [0, 0.05) is 27.7 Å². The Morgan fingerprint density at radius 1 is 1.19 bits per heavy atom. The van der Waals surface area contributed by atoms with Gasteiger partial charge >= 0.3 is 5.97 Å². The van der Waals surface area contributed by atoms with Crippen molar-refractivity contribution in [3.8, 4) is 5.75 Å². The molecule has 0 saturated carbocycles. The molecule has 1 N–H and O–H groups in total. The topological polar surface area (TPSA) is 59.4 Å². The Kier molecular flexibility index (Phi) is 5.68.